The van der Waals surface area contributed by atoms with E-state index in [0.717, 1.165) is 47.0 Å². The Bertz CT molecular complexity index is 1360. The predicted octanol–water partition coefficient (Wildman–Crippen LogP) is 6.04. The molecule has 36 heavy (non-hydrogen) atoms. The van der Waals surface area contributed by atoms with Crippen molar-refractivity contribution in [3.63, 3.8) is 0 Å². The van der Waals surface area contributed by atoms with Gasteiger partial charge in [-0.3, -0.25) is 4.79 Å². The molecule has 0 bridgehead atoms. The molecule has 1 fully saturated rings. The molecule has 6 heteroatoms. The van der Waals surface area contributed by atoms with E-state index in [1.165, 1.54) is 11.1 Å². The van der Waals surface area contributed by atoms with Gasteiger partial charge in [0.15, 0.2) is 0 Å². The molecule has 1 amide bonds. The van der Waals surface area contributed by atoms with Crippen LogP contribution in [0.5, 0.6) is 11.5 Å². The van der Waals surface area contributed by atoms with Gasteiger partial charge in [0, 0.05) is 25.4 Å². The summed E-state index contributed by atoms with van der Waals surface area (Å²) in [6.45, 7) is 8.67. The highest BCUT2D eigenvalue weighted by Gasteiger charge is 2.35. The summed E-state index contributed by atoms with van der Waals surface area (Å²) < 4.78 is 14.1. The summed E-state index contributed by atoms with van der Waals surface area (Å²) in [6.07, 6.45) is 1.28. The molecule has 0 saturated carbocycles. The molecule has 0 N–H and O–H groups in total. The van der Waals surface area contributed by atoms with Crippen molar-refractivity contribution in [3.05, 3.63) is 83.7 Å². The van der Waals surface area contributed by atoms with Crippen LogP contribution in [0.15, 0.2) is 66.7 Å². The number of carbonyl (C=O) groups is 1. The van der Waals surface area contributed by atoms with Gasteiger partial charge in [-0.15, -0.1) is 0 Å². The highest BCUT2D eigenvalue weighted by atomic mass is 16.5. The van der Waals surface area contributed by atoms with Crippen LogP contribution in [0.4, 0.5) is 5.69 Å². The van der Waals surface area contributed by atoms with Gasteiger partial charge in [-0.05, 0) is 74.7 Å². The summed E-state index contributed by atoms with van der Waals surface area (Å²) in [4.78, 5) is 20.0. The van der Waals surface area contributed by atoms with Gasteiger partial charge in [0.1, 0.15) is 17.3 Å². The Morgan fingerprint density at radius 2 is 1.72 bits per heavy atom. The molecule has 186 valence electrons. The van der Waals surface area contributed by atoms with E-state index >= 15 is 0 Å². The van der Waals surface area contributed by atoms with Gasteiger partial charge in [0.25, 0.3) is 0 Å². The maximum Gasteiger partial charge on any atom is 0.227 e. The molecule has 0 unspecified atom stereocenters. The Morgan fingerprint density at radius 1 is 0.972 bits per heavy atom. The number of benzene rings is 3. The number of nitrogens with zero attached hydrogens (tertiary/aromatic N) is 3. The number of anilines is 1. The topological polar surface area (TPSA) is 56.6 Å². The number of carbonyl (C=O) groups excluding carboxylic acids is 1. The van der Waals surface area contributed by atoms with Crippen LogP contribution in [0.1, 0.15) is 42.6 Å². The first-order valence-electron chi connectivity index (χ1n) is 12.7. The minimum absolute atomic E-state index is 0.0138. The van der Waals surface area contributed by atoms with E-state index in [4.69, 9.17) is 14.5 Å². The zero-order valence-electron chi connectivity index (χ0n) is 21.2. The number of ether oxygens (including phenoxy) is 2. The number of aryl methyl sites for hydroxylation is 3. The second-order valence-electron chi connectivity index (χ2n) is 9.44. The van der Waals surface area contributed by atoms with Crippen LogP contribution in [-0.4, -0.2) is 35.2 Å². The molecule has 1 atom stereocenters. The van der Waals surface area contributed by atoms with Crippen molar-refractivity contribution >= 4 is 22.6 Å². The number of amides is 1. The van der Waals surface area contributed by atoms with Gasteiger partial charge in [0.2, 0.25) is 5.91 Å². The smallest absolute Gasteiger partial charge is 0.227 e. The summed E-state index contributed by atoms with van der Waals surface area (Å²) in [5.74, 6) is 2.73. The van der Waals surface area contributed by atoms with Crippen LogP contribution in [0.25, 0.3) is 11.0 Å². The van der Waals surface area contributed by atoms with Crippen molar-refractivity contribution in [1.82, 2.24) is 9.55 Å². The van der Waals surface area contributed by atoms with Crippen LogP contribution in [-0.2, 0) is 11.3 Å². The summed E-state index contributed by atoms with van der Waals surface area (Å²) in [7, 11) is 0. The first kappa shape index (κ1) is 23.9. The average molecular weight is 484 g/mol. The second kappa shape index (κ2) is 10.4. The predicted molar refractivity (Wildman–Crippen MR) is 143 cm³/mol. The first-order chi connectivity index (χ1) is 17.5. The van der Waals surface area contributed by atoms with E-state index in [-0.39, 0.29) is 11.8 Å². The van der Waals surface area contributed by atoms with Crippen LogP contribution in [0, 0.1) is 13.8 Å². The maximum atomic E-state index is 13.1. The van der Waals surface area contributed by atoms with Crippen LogP contribution in [0.2, 0.25) is 0 Å². The molecule has 0 spiro atoms. The second-order valence-corrected chi connectivity index (χ2v) is 9.44. The number of hydrogen-bond donors (Lipinski definition) is 0. The van der Waals surface area contributed by atoms with Crippen molar-refractivity contribution in [3.8, 4) is 11.5 Å². The third-order valence-electron chi connectivity index (χ3n) is 6.62. The Hall–Kier alpha value is -3.80. The summed E-state index contributed by atoms with van der Waals surface area (Å²) in [6, 6.07) is 22.3. The molecule has 1 saturated heterocycles. The lowest BCUT2D eigenvalue weighted by molar-refractivity contribution is -0.117. The standard InChI is InChI=1S/C30H33N3O3/c1-4-35-28-13-8-7-12-27(28)33-20-23(19-29(33)34)30-31-25-10-5-6-11-26(25)32(30)14-9-15-36-24-17-21(2)16-22(3)18-24/h5-8,10-13,16-18,23H,4,9,14-15,19-20H2,1-3H3/t23-/m1/s1. The van der Waals surface area contributed by atoms with Crippen molar-refractivity contribution in [2.75, 3.05) is 24.7 Å². The Labute approximate surface area is 212 Å². The van der Waals surface area contributed by atoms with Crippen LogP contribution < -0.4 is 14.4 Å². The molecule has 0 radical (unpaired) electrons. The van der Waals surface area contributed by atoms with Gasteiger partial charge in [0.05, 0.1) is 29.9 Å². The van der Waals surface area contributed by atoms with Gasteiger partial charge < -0.3 is 18.9 Å². The fourth-order valence-corrected chi connectivity index (χ4v) is 5.14. The zero-order valence-corrected chi connectivity index (χ0v) is 21.2. The van der Waals surface area contributed by atoms with Gasteiger partial charge >= 0.3 is 0 Å². The maximum absolute atomic E-state index is 13.1. The van der Waals surface area contributed by atoms with Crippen LogP contribution in [0.3, 0.4) is 0 Å². The highest BCUT2D eigenvalue weighted by molar-refractivity contribution is 5.97. The molecule has 4 aromatic rings. The third kappa shape index (κ3) is 4.94. The molecule has 2 heterocycles. The van der Waals surface area contributed by atoms with Crippen LogP contribution >= 0.6 is 0 Å². The molecule has 1 aliphatic heterocycles. The quantitative estimate of drug-likeness (QED) is 0.272. The van der Waals surface area contributed by atoms with Gasteiger partial charge in [-0.25, -0.2) is 4.98 Å². The van der Waals surface area contributed by atoms with E-state index in [2.05, 4.69) is 42.7 Å². The summed E-state index contributed by atoms with van der Waals surface area (Å²) >= 11 is 0. The number of fused-ring (bicyclic) bond motifs is 1. The lowest BCUT2D eigenvalue weighted by Gasteiger charge is -2.20. The summed E-state index contributed by atoms with van der Waals surface area (Å²) in [5.41, 5.74) is 5.29. The molecule has 1 aromatic heterocycles. The fraction of sp³-hybridized carbons (Fsp3) is 0.333. The van der Waals surface area contributed by atoms with E-state index < -0.39 is 0 Å². The third-order valence-corrected chi connectivity index (χ3v) is 6.62. The first-order valence-corrected chi connectivity index (χ1v) is 12.7. The zero-order chi connectivity index (χ0) is 25.1. The van der Waals surface area contributed by atoms with Crippen molar-refractivity contribution in [2.24, 2.45) is 0 Å². The van der Waals surface area contributed by atoms with Crippen molar-refractivity contribution in [1.29, 1.82) is 0 Å². The van der Waals surface area contributed by atoms with Crippen molar-refractivity contribution in [2.45, 2.75) is 46.1 Å². The minimum Gasteiger partial charge on any atom is -0.494 e. The SMILES string of the molecule is CCOc1ccccc1N1C[C@H](c2nc3ccccc3n2CCCOc2cc(C)cc(C)c2)CC1=O. The number of aromatic nitrogens is 2. The number of para-hydroxylation sites is 4. The Kier molecular flexibility index (Phi) is 6.94. The molecule has 3 aromatic carbocycles. The highest BCUT2D eigenvalue weighted by Crippen LogP contribution is 2.37. The molecular weight excluding hydrogens is 450 g/mol. The van der Waals surface area contributed by atoms with E-state index in [9.17, 15) is 4.79 Å². The van der Waals surface area contributed by atoms with Gasteiger partial charge in [-0.1, -0.05) is 30.3 Å². The molecule has 1 aliphatic rings. The molecule has 5 rings (SSSR count). The van der Waals surface area contributed by atoms with E-state index in [1.54, 1.807) is 0 Å². The lowest BCUT2D eigenvalue weighted by atomic mass is 10.1. The minimum atomic E-state index is 0.0138. The fourth-order valence-electron chi connectivity index (χ4n) is 5.14. The normalized spacial score (nSPS) is 15.6. The Morgan fingerprint density at radius 3 is 2.53 bits per heavy atom. The average Bonchev–Trinajstić information content (AvgIpc) is 3.42. The monoisotopic (exact) mass is 483 g/mol. The summed E-state index contributed by atoms with van der Waals surface area (Å²) in [5, 5.41) is 0. The number of imidazole rings is 1. The van der Waals surface area contributed by atoms with Gasteiger partial charge in [-0.2, -0.15) is 0 Å². The van der Waals surface area contributed by atoms with E-state index in [1.807, 2.05) is 54.3 Å². The number of rotatable bonds is 9. The lowest BCUT2D eigenvalue weighted by Crippen LogP contribution is -2.25. The number of hydrogen-bond acceptors (Lipinski definition) is 4. The Balaban J connectivity index is 1.35. The molecule has 0 aliphatic carbocycles. The van der Waals surface area contributed by atoms with E-state index in [0.29, 0.717) is 26.2 Å². The molecular formula is C30H33N3O3. The molecule has 6 nitrogen and oxygen atoms in total. The van der Waals surface area contributed by atoms with Crippen molar-refractivity contribution < 1.29 is 14.3 Å². The largest absolute Gasteiger partial charge is 0.494 e.